The van der Waals surface area contributed by atoms with Crippen LogP contribution < -0.4 is 0 Å². The molecule has 0 aromatic heterocycles. The first-order valence-electron chi connectivity index (χ1n) is 18.3. The third-order valence-electron chi connectivity index (χ3n) is 6.21. The number of esters is 1. The Bertz CT molecular complexity index is 789. The molecule has 274 valence electrons. The first kappa shape index (κ1) is 53.7. The van der Waals surface area contributed by atoms with Gasteiger partial charge in [0.1, 0.15) is 17.3 Å². The van der Waals surface area contributed by atoms with Crippen molar-refractivity contribution in [1.29, 1.82) is 0 Å². The fourth-order valence-electron chi connectivity index (χ4n) is 3.48. The molecular weight excluding hydrogens is 584 g/mol. The molecule has 0 bridgehead atoms. The minimum Gasteiger partial charge on any atom is -0.469 e. The quantitative estimate of drug-likeness (QED) is 0.0585. The van der Waals surface area contributed by atoms with Crippen LogP contribution in [0.2, 0.25) is 0 Å². The number of rotatable bonds is 24. The van der Waals surface area contributed by atoms with Crippen molar-refractivity contribution >= 4 is 23.3 Å². The highest BCUT2D eigenvalue weighted by Crippen LogP contribution is 2.08. The Hall–Kier alpha value is -2.82. The van der Waals surface area contributed by atoms with Crippen molar-refractivity contribution in [2.24, 2.45) is 0 Å². The molecule has 0 aromatic rings. The van der Waals surface area contributed by atoms with Gasteiger partial charge in [-0.05, 0) is 72.1 Å². The molecule has 47 heavy (non-hydrogen) atoms. The molecule has 0 fully saturated rings. The number of ketones is 3. The number of hydrogen-bond donors (Lipinski definition) is 0. The maximum Gasteiger partial charge on any atom is 0.305 e. The van der Waals surface area contributed by atoms with E-state index in [0.29, 0.717) is 25.7 Å². The summed E-state index contributed by atoms with van der Waals surface area (Å²) in [6.07, 6.45) is 37.8. The smallest absolute Gasteiger partial charge is 0.305 e. The fourth-order valence-corrected chi connectivity index (χ4v) is 3.48. The summed E-state index contributed by atoms with van der Waals surface area (Å²) in [7, 11) is 1.43. The van der Waals surface area contributed by atoms with Crippen molar-refractivity contribution < 1.29 is 23.9 Å². The summed E-state index contributed by atoms with van der Waals surface area (Å²) in [5, 5.41) is 0. The third kappa shape index (κ3) is 80.4. The van der Waals surface area contributed by atoms with Gasteiger partial charge >= 0.3 is 5.97 Å². The summed E-state index contributed by atoms with van der Waals surface area (Å²) in [5.41, 5.74) is 0. The van der Waals surface area contributed by atoms with Gasteiger partial charge in [0.25, 0.3) is 0 Å². The third-order valence-corrected chi connectivity index (χ3v) is 6.21. The van der Waals surface area contributed by atoms with Crippen LogP contribution in [0, 0.1) is 0 Å². The van der Waals surface area contributed by atoms with Gasteiger partial charge in [0.05, 0.1) is 7.11 Å². The summed E-state index contributed by atoms with van der Waals surface area (Å²) in [5.74, 6) is 0.501. The number of hydrogen-bond acceptors (Lipinski definition) is 5. The standard InChI is InChI=1S/C14H24O3.C12H24.C7H12O.C5H8O.C4H8/c1-13(15)11-9-7-5-3-4-6-8-10-12-14(16)17-2;1-3-5-7-9-11-12-10-8-6-4-2;1-3-4-5-6-7(2)8;1-3-4-5(2)6;1-3-4-2/h7,9H,3-6,8,10-12H2,1-2H3;5,7H,3-4,6,8-12H2,1-2H3;4-5H,3,6H2,1-2H3;3H,1,4H2,2H3;3H,1,4H2,2H3/b;;5-4-;;. The van der Waals surface area contributed by atoms with Crippen LogP contribution in [0.1, 0.15) is 177 Å². The lowest BCUT2D eigenvalue weighted by atomic mass is 10.1. The average molecular weight is 661 g/mol. The number of allylic oxidation sites excluding steroid dienone is 8. The van der Waals surface area contributed by atoms with Crippen molar-refractivity contribution in [2.45, 2.75) is 177 Å². The maximum atomic E-state index is 10.8. The van der Waals surface area contributed by atoms with Crippen molar-refractivity contribution in [2.75, 3.05) is 7.11 Å². The zero-order valence-corrected chi connectivity index (χ0v) is 32.2. The molecule has 0 spiro atoms. The Labute approximate surface area is 292 Å². The monoisotopic (exact) mass is 661 g/mol. The van der Waals surface area contributed by atoms with E-state index in [9.17, 15) is 19.2 Å². The summed E-state index contributed by atoms with van der Waals surface area (Å²) in [6.45, 7) is 20.2. The van der Waals surface area contributed by atoms with Crippen LogP contribution in [-0.2, 0) is 23.9 Å². The molecule has 0 aliphatic rings. The Morgan fingerprint density at radius 3 is 1.23 bits per heavy atom. The molecule has 0 aliphatic heterocycles. The zero-order valence-electron chi connectivity index (χ0n) is 32.2. The predicted octanol–water partition coefficient (Wildman–Crippen LogP) is 12.8. The molecule has 0 heterocycles. The Morgan fingerprint density at radius 1 is 0.489 bits per heavy atom. The van der Waals surface area contributed by atoms with E-state index in [0.717, 1.165) is 44.9 Å². The van der Waals surface area contributed by atoms with E-state index in [-0.39, 0.29) is 23.3 Å². The summed E-state index contributed by atoms with van der Waals surface area (Å²) in [4.78, 5) is 41.7. The average Bonchev–Trinajstić information content (AvgIpc) is 3.04. The van der Waals surface area contributed by atoms with E-state index < -0.39 is 0 Å². The number of methoxy groups -OCH3 is 1. The van der Waals surface area contributed by atoms with Gasteiger partial charge in [0.15, 0.2) is 0 Å². The maximum absolute atomic E-state index is 10.8. The molecule has 0 amide bonds. The molecule has 0 saturated carbocycles. The highest BCUT2D eigenvalue weighted by Gasteiger charge is 1.98. The lowest BCUT2D eigenvalue weighted by Gasteiger charge is -1.99. The molecule has 5 nitrogen and oxygen atoms in total. The molecule has 0 saturated heterocycles. The summed E-state index contributed by atoms with van der Waals surface area (Å²) in [6, 6.07) is 0. The van der Waals surface area contributed by atoms with Crippen molar-refractivity contribution in [3.8, 4) is 0 Å². The van der Waals surface area contributed by atoms with Gasteiger partial charge in [0.2, 0.25) is 0 Å². The van der Waals surface area contributed by atoms with E-state index in [4.69, 9.17) is 0 Å². The van der Waals surface area contributed by atoms with Gasteiger partial charge in [-0.2, -0.15) is 0 Å². The Morgan fingerprint density at radius 2 is 0.872 bits per heavy atom. The first-order valence-corrected chi connectivity index (χ1v) is 18.3. The van der Waals surface area contributed by atoms with Gasteiger partial charge < -0.3 is 4.74 Å². The zero-order chi connectivity index (χ0) is 36.8. The largest absolute Gasteiger partial charge is 0.469 e. The Balaban J connectivity index is -0.000000171. The van der Waals surface area contributed by atoms with Gasteiger partial charge in [-0.15, -0.1) is 13.2 Å². The van der Waals surface area contributed by atoms with E-state index in [1.165, 1.54) is 64.9 Å². The summed E-state index contributed by atoms with van der Waals surface area (Å²) < 4.78 is 4.57. The second-order valence-corrected chi connectivity index (χ2v) is 11.4. The molecule has 0 N–H and O–H groups in total. The molecule has 0 unspecified atom stereocenters. The highest BCUT2D eigenvalue weighted by atomic mass is 16.5. The first-order chi connectivity index (χ1) is 22.5. The lowest BCUT2D eigenvalue weighted by molar-refractivity contribution is -0.140. The van der Waals surface area contributed by atoms with E-state index >= 15 is 0 Å². The van der Waals surface area contributed by atoms with Crippen LogP contribution in [0.15, 0.2) is 61.8 Å². The lowest BCUT2D eigenvalue weighted by Crippen LogP contribution is -1.99. The minimum absolute atomic E-state index is 0.114. The highest BCUT2D eigenvalue weighted by molar-refractivity contribution is 5.77. The molecular formula is C42H76O5. The fraction of sp³-hybridized carbons (Fsp3) is 0.667. The second kappa shape index (κ2) is 52.7. The van der Waals surface area contributed by atoms with Crippen LogP contribution in [0.4, 0.5) is 0 Å². The van der Waals surface area contributed by atoms with E-state index in [2.05, 4.69) is 63.8 Å². The van der Waals surface area contributed by atoms with E-state index in [1.54, 1.807) is 26.8 Å². The van der Waals surface area contributed by atoms with Crippen LogP contribution in [0.25, 0.3) is 0 Å². The topological polar surface area (TPSA) is 77.5 Å². The molecule has 0 rings (SSSR count). The van der Waals surface area contributed by atoms with Crippen LogP contribution >= 0.6 is 0 Å². The minimum atomic E-state index is -0.114. The van der Waals surface area contributed by atoms with Crippen LogP contribution in [0.3, 0.4) is 0 Å². The molecule has 5 heteroatoms. The van der Waals surface area contributed by atoms with Crippen LogP contribution in [-0.4, -0.2) is 30.4 Å². The van der Waals surface area contributed by atoms with Crippen LogP contribution in [0.5, 0.6) is 0 Å². The van der Waals surface area contributed by atoms with Crippen molar-refractivity contribution in [3.63, 3.8) is 0 Å². The SMILES string of the molecule is C=CCC.C=CCC(C)=O.CC/C=C\CC(C)=O.CCC=CCCCCCCCC.COC(=O)CCCCCCCC=CCC(C)=O. The molecule has 0 radical (unpaired) electrons. The van der Waals surface area contributed by atoms with E-state index in [1.807, 2.05) is 24.3 Å². The van der Waals surface area contributed by atoms with Gasteiger partial charge in [-0.3, -0.25) is 19.2 Å². The number of Topliss-reactive ketones (excluding diaryl/α,β-unsaturated/α-hetero) is 3. The van der Waals surface area contributed by atoms with Crippen molar-refractivity contribution in [1.82, 2.24) is 0 Å². The number of carbonyl (C=O) groups excluding carboxylic acids is 4. The number of unbranched alkanes of at least 4 members (excludes halogenated alkanes) is 11. The second-order valence-electron chi connectivity index (χ2n) is 11.4. The molecule has 0 atom stereocenters. The predicted molar refractivity (Wildman–Crippen MR) is 207 cm³/mol. The number of carbonyl (C=O) groups is 4. The Kier molecular flexibility index (Phi) is 60.2. The van der Waals surface area contributed by atoms with Gasteiger partial charge in [0, 0.05) is 25.7 Å². The van der Waals surface area contributed by atoms with Crippen molar-refractivity contribution in [3.05, 3.63) is 61.8 Å². The molecule has 0 aliphatic carbocycles. The summed E-state index contributed by atoms with van der Waals surface area (Å²) >= 11 is 0. The van der Waals surface area contributed by atoms with Gasteiger partial charge in [-0.25, -0.2) is 0 Å². The normalized spacial score (nSPS) is 9.96. The van der Waals surface area contributed by atoms with Gasteiger partial charge in [-0.1, -0.05) is 128 Å². The number of ether oxygens (including phenoxy) is 1. The molecule has 0 aromatic carbocycles.